The van der Waals surface area contributed by atoms with Crippen molar-refractivity contribution in [2.45, 2.75) is 17.9 Å². The van der Waals surface area contributed by atoms with E-state index in [9.17, 15) is 18.0 Å². The lowest BCUT2D eigenvalue weighted by molar-refractivity contribution is -0.125. The summed E-state index contributed by atoms with van der Waals surface area (Å²) < 4.78 is 26.0. The van der Waals surface area contributed by atoms with E-state index in [1.54, 1.807) is 6.08 Å². The second-order valence-corrected chi connectivity index (χ2v) is 6.82. The van der Waals surface area contributed by atoms with Crippen molar-refractivity contribution in [2.75, 3.05) is 0 Å². The summed E-state index contributed by atoms with van der Waals surface area (Å²) in [6.07, 6.45) is 5.41. The summed E-state index contributed by atoms with van der Waals surface area (Å²) in [4.78, 5) is 27.4. The summed E-state index contributed by atoms with van der Waals surface area (Å²) in [5.41, 5.74) is 0.828. The molecule has 8 heteroatoms. The van der Waals surface area contributed by atoms with E-state index in [1.165, 1.54) is 31.3 Å². The highest BCUT2D eigenvalue weighted by Crippen LogP contribution is 2.05. The second-order valence-electron chi connectivity index (χ2n) is 5.13. The molecule has 0 radical (unpaired) electrons. The van der Waals surface area contributed by atoms with Crippen molar-refractivity contribution in [3.05, 3.63) is 66.5 Å². The van der Waals surface area contributed by atoms with Gasteiger partial charge in [0.1, 0.15) is 10.9 Å². The summed E-state index contributed by atoms with van der Waals surface area (Å²) in [6, 6.07) is 10.9. The van der Waals surface area contributed by atoms with Gasteiger partial charge in [-0.05, 0) is 30.7 Å². The largest absolute Gasteiger partial charge is 0.341 e. The number of carbonyl (C=O) groups excluding carboxylic acids is 2. The Bertz CT molecular complexity index is 865. The molecule has 0 aliphatic rings. The molecule has 0 fully saturated rings. The first-order valence-electron chi connectivity index (χ1n) is 7.39. The fraction of sp³-hybridized carbons (Fsp3) is 0.118. The third-order valence-corrected chi connectivity index (χ3v) is 4.49. The lowest BCUT2D eigenvalue weighted by atomic mass is 10.2. The first-order chi connectivity index (χ1) is 11.9. The van der Waals surface area contributed by atoms with Crippen LogP contribution in [-0.4, -0.2) is 31.3 Å². The first-order valence-corrected chi connectivity index (χ1v) is 8.87. The second kappa shape index (κ2) is 8.20. The summed E-state index contributed by atoms with van der Waals surface area (Å²) in [5, 5.41) is 2.41. The van der Waals surface area contributed by atoms with Crippen molar-refractivity contribution >= 4 is 27.9 Å². The molecule has 2 amide bonds. The van der Waals surface area contributed by atoms with E-state index in [-0.39, 0.29) is 4.90 Å². The van der Waals surface area contributed by atoms with Crippen LogP contribution >= 0.6 is 0 Å². The van der Waals surface area contributed by atoms with E-state index in [2.05, 4.69) is 10.3 Å². The van der Waals surface area contributed by atoms with Gasteiger partial charge >= 0.3 is 0 Å². The van der Waals surface area contributed by atoms with E-state index < -0.39 is 27.9 Å². The number of aromatic nitrogens is 1. The average Bonchev–Trinajstić information content (AvgIpc) is 2.61. The highest BCUT2D eigenvalue weighted by molar-refractivity contribution is 7.90. The van der Waals surface area contributed by atoms with Gasteiger partial charge in [0.2, 0.25) is 5.91 Å². The molecule has 0 unspecified atom stereocenters. The van der Waals surface area contributed by atoms with Crippen molar-refractivity contribution in [3.63, 3.8) is 0 Å². The van der Waals surface area contributed by atoms with E-state index >= 15 is 0 Å². The van der Waals surface area contributed by atoms with Gasteiger partial charge in [0, 0.05) is 18.5 Å². The van der Waals surface area contributed by atoms with E-state index in [0.29, 0.717) is 0 Å². The number of amides is 2. The Morgan fingerprint density at radius 1 is 1.12 bits per heavy atom. The van der Waals surface area contributed by atoms with Gasteiger partial charge in [-0.15, -0.1) is 0 Å². The molecule has 0 saturated carbocycles. The van der Waals surface area contributed by atoms with Crippen molar-refractivity contribution in [1.29, 1.82) is 0 Å². The molecule has 1 aromatic heterocycles. The summed E-state index contributed by atoms with van der Waals surface area (Å²) >= 11 is 0. The molecule has 2 rings (SSSR count). The fourth-order valence-corrected chi connectivity index (χ4v) is 2.87. The van der Waals surface area contributed by atoms with Gasteiger partial charge in [-0.1, -0.05) is 30.3 Å². The van der Waals surface area contributed by atoms with Gasteiger partial charge < -0.3 is 5.32 Å². The van der Waals surface area contributed by atoms with Gasteiger partial charge in [-0.3, -0.25) is 14.6 Å². The molecule has 0 aliphatic heterocycles. The van der Waals surface area contributed by atoms with E-state index in [0.717, 1.165) is 11.8 Å². The van der Waals surface area contributed by atoms with Crippen molar-refractivity contribution < 1.29 is 18.0 Å². The normalized spacial score (nSPS) is 12.5. The Labute approximate surface area is 145 Å². The lowest BCUT2D eigenvalue weighted by Crippen LogP contribution is -2.46. The van der Waals surface area contributed by atoms with Crippen molar-refractivity contribution in [2.24, 2.45) is 0 Å². The number of benzene rings is 1. The van der Waals surface area contributed by atoms with Crippen LogP contribution in [-0.2, 0) is 19.6 Å². The number of rotatable bonds is 6. The number of pyridine rings is 1. The lowest BCUT2D eigenvalue weighted by Gasteiger charge is -2.13. The zero-order chi connectivity index (χ0) is 18.3. The molecule has 0 bridgehead atoms. The third kappa shape index (κ3) is 5.54. The van der Waals surface area contributed by atoms with Crippen molar-refractivity contribution in [1.82, 2.24) is 15.0 Å². The summed E-state index contributed by atoms with van der Waals surface area (Å²) in [7, 11) is -4.03. The Hall–Kier alpha value is -3.00. The Kier molecular flexibility index (Phi) is 6.02. The quantitative estimate of drug-likeness (QED) is 0.752. The van der Waals surface area contributed by atoms with Crippen LogP contribution in [0.3, 0.4) is 0 Å². The Morgan fingerprint density at radius 3 is 2.48 bits per heavy atom. The maximum atomic E-state index is 12.0. The minimum Gasteiger partial charge on any atom is -0.341 e. The number of hydrogen-bond donors (Lipinski definition) is 2. The molecule has 7 nitrogen and oxygen atoms in total. The monoisotopic (exact) mass is 359 g/mol. The van der Waals surface area contributed by atoms with Gasteiger partial charge in [0.25, 0.3) is 15.9 Å². The minimum atomic E-state index is -4.03. The number of hydrogen-bond acceptors (Lipinski definition) is 5. The zero-order valence-electron chi connectivity index (χ0n) is 13.4. The third-order valence-electron chi connectivity index (χ3n) is 3.16. The van der Waals surface area contributed by atoms with Crippen molar-refractivity contribution in [3.8, 4) is 0 Å². The van der Waals surface area contributed by atoms with Crippen LogP contribution in [0.2, 0.25) is 0 Å². The molecule has 1 atom stereocenters. The minimum absolute atomic E-state index is 0.133. The van der Waals surface area contributed by atoms with Crippen LogP contribution < -0.4 is 10.0 Å². The number of carbonyl (C=O) groups is 2. The molecule has 0 saturated heterocycles. The molecule has 2 aromatic rings. The Morgan fingerprint density at radius 2 is 1.84 bits per heavy atom. The predicted molar refractivity (Wildman–Crippen MR) is 92.6 cm³/mol. The maximum absolute atomic E-state index is 12.0. The first kappa shape index (κ1) is 18.3. The SMILES string of the molecule is C[C@H](NC(=O)/C=C\c1ccccc1)C(=O)NS(=O)(=O)c1cccnc1. The summed E-state index contributed by atoms with van der Waals surface area (Å²) in [5.74, 6) is -1.35. The maximum Gasteiger partial charge on any atom is 0.265 e. The Balaban J connectivity index is 1.94. The zero-order valence-corrected chi connectivity index (χ0v) is 14.2. The van der Waals surface area contributed by atoms with Crippen LogP contribution in [0.1, 0.15) is 12.5 Å². The smallest absolute Gasteiger partial charge is 0.265 e. The number of sulfonamides is 1. The number of nitrogens with one attached hydrogen (secondary N) is 2. The average molecular weight is 359 g/mol. The molecule has 2 N–H and O–H groups in total. The van der Waals surface area contributed by atoms with E-state index in [1.807, 2.05) is 35.1 Å². The van der Waals surface area contributed by atoms with Gasteiger partial charge in [-0.2, -0.15) is 0 Å². The predicted octanol–water partition coefficient (Wildman–Crippen LogP) is 1.10. The molecule has 0 aliphatic carbocycles. The van der Waals surface area contributed by atoms with E-state index in [4.69, 9.17) is 0 Å². The molecular formula is C17H17N3O4S. The molecule has 1 aromatic carbocycles. The summed E-state index contributed by atoms with van der Waals surface area (Å²) in [6.45, 7) is 1.39. The molecule has 0 spiro atoms. The standard InChI is InChI=1S/C17H17N3O4S/c1-13(19-16(21)10-9-14-6-3-2-4-7-14)17(22)20-25(23,24)15-8-5-11-18-12-15/h2-13H,1H3,(H,19,21)(H,20,22)/b10-9-/t13-/m0/s1. The molecule has 1 heterocycles. The topological polar surface area (TPSA) is 105 Å². The van der Waals surface area contributed by atoms with Gasteiger partial charge in [0.15, 0.2) is 0 Å². The molecular weight excluding hydrogens is 342 g/mol. The highest BCUT2D eigenvalue weighted by atomic mass is 32.2. The van der Waals surface area contributed by atoms with Crippen LogP contribution in [0.15, 0.2) is 65.8 Å². The fourth-order valence-electron chi connectivity index (χ4n) is 1.85. The van der Waals surface area contributed by atoms with Gasteiger partial charge in [-0.25, -0.2) is 13.1 Å². The van der Waals surface area contributed by atoms with Gasteiger partial charge in [0.05, 0.1) is 0 Å². The van der Waals surface area contributed by atoms with Crippen LogP contribution in [0, 0.1) is 0 Å². The van der Waals surface area contributed by atoms with Crippen LogP contribution in [0.25, 0.3) is 6.08 Å². The molecule has 25 heavy (non-hydrogen) atoms. The highest BCUT2D eigenvalue weighted by Gasteiger charge is 2.22. The van der Waals surface area contributed by atoms with Crippen LogP contribution in [0.4, 0.5) is 0 Å². The molecule has 130 valence electrons. The number of nitrogens with zero attached hydrogens (tertiary/aromatic N) is 1. The van der Waals surface area contributed by atoms with Crippen LogP contribution in [0.5, 0.6) is 0 Å².